The van der Waals surface area contributed by atoms with Crippen molar-refractivity contribution in [1.29, 1.82) is 0 Å². The van der Waals surface area contributed by atoms with Crippen LogP contribution in [0.4, 0.5) is 0 Å². The van der Waals surface area contributed by atoms with E-state index in [0.29, 0.717) is 30.0 Å². The Bertz CT molecular complexity index is 1260. The summed E-state index contributed by atoms with van der Waals surface area (Å²) < 4.78 is 5.94. The molecule has 0 aliphatic carbocycles. The van der Waals surface area contributed by atoms with Crippen molar-refractivity contribution in [3.05, 3.63) is 101 Å². The van der Waals surface area contributed by atoms with E-state index in [1.165, 1.54) is 17.0 Å². The van der Waals surface area contributed by atoms with Crippen LogP contribution in [0.5, 0.6) is 11.5 Å². The highest BCUT2D eigenvalue weighted by Crippen LogP contribution is 2.40. The molecule has 36 heavy (non-hydrogen) atoms. The molecule has 0 aromatic heterocycles. The molecule has 1 atom stereocenters. The molecule has 1 heterocycles. The number of phenolic OH excluding ortho intramolecular Hbond substituents is 1. The summed E-state index contributed by atoms with van der Waals surface area (Å²) >= 11 is 0. The predicted octanol–water partition coefficient (Wildman–Crippen LogP) is 5.89. The van der Waals surface area contributed by atoms with E-state index < -0.39 is 17.7 Å². The molecular weight excluding hydrogens is 454 g/mol. The fourth-order valence-corrected chi connectivity index (χ4v) is 4.50. The second kappa shape index (κ2) is 11.1. The van der Waals surface area contributed by atoms with Crippen molar-refractivity contribution < 1.29 is 24.5 Å². The number of likely N-dealkylation sites (tertiary alicyclic amines) is 1. The Kier molecular flexibility index (Phi) is 7.74. The number of ether oxygens (including phenoxy) is 1. The number of aromatic hydroxyl groups is 1. The van der Waals surface area contributed by atoms with Crippen LogP contribution in [0, 0.1) is 6.92 Å². The fourth-order valence-electron chi connectivity index (χ4n) is 4.50. The van der Waals surface area contributed by atoms with Gasteiger partial charge in [0.05, 0.1) is 11.6 Å². The maximum Gasteiger partial charge on any atom is 0.295 e. The molecule has 2 N–H and O–H groups in total. The summed E-state index contributed by atoms with van der Waals surface area (Å²) in [5.41, 5.74) is 2.99. The van der Waals surface area contributed by atoms with E-state index >= 15 is 0 Å². The van der Waals surface area contributed by atoms with Crippen LogP contribution in [0.1, 0.15) is 54.5 Å². The zero-order valence-electron chi connectivity index (χ0n) is 20.6. The number of unbranched alkanes of at least 4 members (excludes halogenated alkanes) is 2. The summed E-state index contributed by atoms with van der Waals surface area (Å²) in [5, 5.41) is 21.0. The van der Waals surface area contributed by atoms with Gasteiger partial charge in [-0.15, -0.1) is 0 Å². The van der Waals surface area contributed by atoms with Gasteiger partial charge in [-0.05, 0) is 60.4 Å². The van der Waals surface area contributed by atoms with Gasteiger partial charge < -0.3 is 19.8 Å². The first-order chi connectivity index (χ1) is 17.4. The molecule has 1 saturated heterocycles. The third kappa shape index (κ3) is 5.28. The van der Waals surface area contributed by atoms with Crippen molar-refractivity contribution in [3.63, 3.8) is 0 Å². The van der Waals surface area contributed by atoms with Crippen molar-refractivity contribution in [2.45, 2.75) is 45.8 Å². The maximum atomic E-state index is 13.1. The van der Waals surface area contributed by atoms with Gasteiger partial charge in [-0.25, -0.2) is 0 Å². The first-order valence-corrected chi connectivity index (χ1v) is 12.3. The highest BCUT2D eigenvalue weighted by Gasteiger charge is 2.45. The third-order valence-electron chi connectivity index (χ3n) is 6.44. The maximum absolute atomic E-state index is 13.1. The molecule has 3 aromatic carbocycles. The van der Waals surface area contributed by atoms with Crippen LogP contribution in [0.15, 0.2) is 78.4 Å². The van der Waals surface area contributed by atoms with E-state index in [-0.39, 0.29) is 17.1 Å². The monoisotopic (exact) mass is 485 g/mol. The number of benzene rings is 3. The van der Waals surface area contributed by atoms with Gasteiger partial charge in [0.15, 0.2) is 0 Å². The Balaban J connectivity index is 1.68. The van der Waals surface area contributed by atoms with Crippen LogP contribution in [0.25, 0.3) is 5.76 Å². The Morgan fingerprint density at radius 2 is 1.69 bits per heavy atom. The van der Waals surface area contributed by atoms with Gasteiger partial charge in [-0.2, -0.15) is 0 Å². The molecule has 4 rings (SSSR count). The highest BCUT2D eigenvalue weighted by atomic mass is 16.5. The van der Waals surface area contributed by atoms with Gasteiger partial charge in [0.2, 0.25) is 0 Å². The predicted molar refractivity (Wildman–Crippen MR) is 139 cm³/mol. The van der Waals surface area contributed by atoms with Crippen LogP contribution in [-0.4, -0.2) is 33.3 Å². The summed E-state index contributed by atoms with van der Waals surface area (Å²) in [7, 11) is 0. The lowest BCUT2D eigenvalue weighted by Crippen LogP contribution is -2.30. The number of ketones is 1. The summed E-state index contributed by atoms with van der Waals surface area (Å²) in [6.07, 6.45) is 2.66. The number of aliphatic hydroxyl groups excluding tert-OH is 1. The first kappa shape index (κ1) is 25.0. The third-order valence-corrected chi connectivity index (χ3v) is 6.44. The van der Waals surface area contributed by atoms with Gasteiger partial charge in [0.1, 0.15) is 23.9 Å². The second-order valence-electron chi connectivity index (χ2n) is 9.05. The number of carbonyl (C=O) groups is 2. The molecule has 0 saturated carbocycles. The summed E-state index contributed by atoms with van der Waals surface area (Å²) in [6.45, 7) is 4.77. The number of aliphatic hydroxyl groups is 1. The Morgan fingerprint density at radius 3 is 2.36 bits per heavy atom. The van der Waals surface area contributed by atoms with E-state index in [0.717, 1.165) is 30.4 Å². The van der Waals surface area contributed by atoms with Crippen LogP contribution in [0.3, 0.4) is 0 Å². The summed E-state index contributed by atoms with van der Waals surface area (Å²) in [5.74, 6) is -0.787. The molecule has 3 aromatic rings. The van der Waals surface area contributed by atoms with Crippen molar-refractivity contribution in [2.24, 2.45) is 0 Å². The van der Waals surface area contributed by atoms with Crippen molar-refractivity contribution in [2.75, 3.05) is 6.54 Å². The van der Waals surface area contributed by atoms with Crippen molar-refractivity contribution in [1.82, 2.24) is 4.90 Å². The average Bonchev–Trinajstić information content (AvgIpc) is 3.14. The van der Waals surface area contributed by atoms with E-state index in [4.69, 9.17) is 4.74 Å². The quantitative estimate of drug-likeness (QED) is 0.171. The lowest BCUT2D eigenvalue weighted by molar-refractivity contribution is -0.139. The number of hydrogen-bond donors (Lipinski definition) is 2. The van der Waals surface area contributed by atoms with Crippen LogP contribution in [-0.2, 0) is 16.2 Å². The first-order valence-electron chi connectivity index (χ1n) is 12.3. The van der Waals surface area contributed by atoms with Crippen molar-refractivity contribution in [3.8, 4) is 11.5 Å². The zero-order chi connectivity index (χ0) is 25.7. The lowest BCUT2D eigenvalue weighted by Gasteiger charge is -2.25. The summed E-state index contributed by atoms with van der Waals surface area (Å²) in [4.78, 5) is 27.7. The van der Waals surface area contributed by atoms with E-state index in [9.17, 15) is 19.8 Å². The van der Waals surface area contributed by atoms with Crippen LogP contribution in [0.2, 0.25) is 0 Å². The van der Waals surface area contributed by atoms with Gasteiger partial charge in [-0.1, -0.05) is 62.2 Å². The lowest BCUT2D eigenvalue weighted by atomic mass is 9.94. The molecule has 1 amide bonds. The number of carbonyl (C=O) groups excluding carboxylic acids is 2. The second-order valence-corrected chi connectivity index (χ2v) is 9.05. The minimum absolute atomic E-state index is 0.0551. The van der Waals surface area contributed by atoms with Crippen LogP contribution >= 0.6 is 0 Å². The molecule has 6 nitrogen and oxygen atoms in total. The standard InChI is InChI=1S/C30H31NO5/c1-3-4-8-17-31-27(22-11-14-24(32)15-12-22)26(29(34)30(31)35)28(33)23-13-16-25(20(2)18-23)36-19-21-9-6-5-7-10-21/h5-7,9-16,18,27,32-33H,3-4,8,17,19H2,1-2H3/b28-26-. The van der Waals surface area contributed by atoms with E-state index in [1.54, 1.807) is 30.3 Å². The molecule has 0 radical (unpaired) electrons. The number of phenols is 1. The molecule has 0 bridgehead atoms. The molecule has 1 unspecified atom stereocenters. The van der Waals surface area contributed by atoms with E-state index in [1.807, 2.05) is 37.3 Å². The van der Waals surface area contributed by atoms with Gasteiger partial charge in [0.25, 0.3) is 11.7 Å². The molecule has 6 heteroatoms. The van der Waals surface area contributed by atoms with Gasteiger partial charge in [0, 0.05) is 12.1 Å². The van der Waals surface area contributed by atoms with Gasteiger partial charge in [-0.3, -0.25) is 9.59 Å². The number of aryl methyl sites for hydroxylation is 1. The highest BCUT2D eigenvalue weighted by molar-refractivity contribution is 6.46. The number of nitrogens with zero attached hydrogens (tertiary/aromatic N) is 1. The fraction of sp³-hybridized carbons (Fsp3) is 0.267. The minimum Gasteiger partial charge on any atom is -0.508 e. The average molecular weight is 486 g/mol. The molecular formula is C30H31NO5. The summed E-state index contributed by atoms with van der Waals surface area (Å²) in [6, 6.07) is 20.7. The van der Waals surface area contributed by atoms with Crippen molar-refractivity contribution >= 4 is 17.4 Å². The zero-order valence-corrected chi connectivity index (χ0v) is 20.6. The minimum atomic E-state index is -0.725. The Hall–Kier alpha value is -4.06. The molecule has 1 aliphatic rings. The number of Topliss-reactive ketones (excluding diaryl/α,β-unsaturated/α-hetero) is 1. The SMILES string of the molecule is CCCCCN1C(=O)C(=O)/C(=C(\O)c2ccc(OCc3ccccc3)c(C)c2)C1c1ccc(O)cc1. The largest absolute Gasteiger partial charge is 0.508 e. The molecule has 186 valence electrons. The smallest absolute Gasteiger partial charge is 0.295 e. The molecule has 1 aliphatic heterocycles. The Labute approximate surface area is 211 Å². The number of rotatable bonds is 9. The van der Waals surface area contributed by atoms with Crippen LogP contribution < -0.4 is 4.74 Å². The molecule has 1 fully saturated rings. The topological polar surface area (TPSA) is 87.1 Å². The normalized spacial score (nSPS) is 16.9. The molecule has 0 spiro atoms. The van der Waals surface area contributed by atoms with E-state index in [2.05, 4.69) is 6.92 Å². The Morgan fingerprint density at radius 1 is 0.972 bits per heavy atom. The van der Waals surface area contributed by atoms with Gasteiger partial charge >= 0.3 is 0 Å². The number of amides is 1. The number of hydrogen-bond acceptors (Lipinski definition) is 5.